The number of nitrogens with one attached hydrogen (secondary N) is 2. The molecule has 0 bridgehead atoms. The minimum Gasteiger partial charge on any atom is -0.320 e. The lowest BCUT2D eigenvalue weighted by Gasteiger charge is -2.30. The SMILES string of the molecule is C=C[Si](C)(NC(C)C)NC(C)C. The third-order valence-electron chi connectivity index (χ3n) is 1.59. The van der Waals surface area contributed by atoms with E-state index in [1.807, 2.05) is 5.70 Å². The van der Waals surface area contributed by atoms with E-state index >= 15 is 0 Å². The number of hydrogen-bond donors (Lipinski definition) is 2. The van der Waals surface area contributed by atoms with Gasteiger partial charge in [-0.2, -0.15) is 0 Å². The van der Waals surface area contributed by atoms with E-state index in [2.05, 4.69) is 50.8 Å². The van der Waals surface area contributed by atoms with Gasteiger partial charge < -0.3 is 9.96 Å². The lowest BCUT2D eigenvalue weighted by molar-refractivity contribution is 0.671. The van der Waals surface area contributed by atoms with Crippen molar-refractivity contribution in [2.45, 2.75) is 46.3 Å². The van der Waals surface area contributed by atoms with Gasteiger partial charge in [0, 0.05) is 0 Å². The molecule has 0 aromatic carbocycles. The van der Waals surface area contributed by atoms with Gasteiger partial charge in [0.15, 0.2) is 0 Å². The Morgan fingerprint density at radius 2 is 1.42 bits per heavy atom. The highest BCUT2D eigenvalue weighted by molar-refractivity contribution is 6.78. The molecule has 0 saturated carbocycles. The normalized spacial score (nSPS) is 12.6. The summed E-state index contributed by atoms with van der Waals surface area (Å²) in [6, 6.07) is 1.04. The maximum atomic E-state index is 3.88. The van der Waals surface area contributed by atoms with E-state index in [9.17, 15) is 0 Å². The standard InChI is InChI=1S/C9H22N2Si/c1-7-12(6,10-8(2)3)11-9(4)5/h7-11H,1H2,2-6H3. The van der Waals surface area contributed by atoms with E-state index in [0.29, 0.717) is 12.1 Å². The Hall–Kier alpha value is -0.123. The molecule has 0 aromatic rings. The van der Waals surface area contributed by atoms with Crippen molar-refractivity contribution in [1.29, 1.82) is 0 Å². The van der Waals surface area contributed by atoms with Crippen LogP contribution in [-0.4, -0.2) is 20.5 Å². The summed E-state index contributed by atoms with van der Waals surface area (Å²) in [5.74, 6) is 0. The average Bonchev–Trinajstić information content (AvgIpc) is 1.83. The zero-order chi connectivity index (χ0) is 9.78. The van der Waals surface area contributed by atoms with E-state index in [1.54, 1.807) is 0 Å². The van der Waals surface area contributed by atoms with E-state index in [0.717, 1.165) is 0 Å². The molecule has 0 aliphatic heterocycles. The van der Waals surface area contributed by atoms with Crippen LogP contribution in [-0.2, 0) is 0 Å². The van der Waals surface area contributed by atoms with Crippen molar-refractivity contribution in [2.24, 2.45) is 0 Å². The minimum absolute atomic E-state index is 0.519. The second kappa shape index (κ2) is 4.79. The fourth-order valence-corrected chi connectivity index (χ4v) is 4.08. The van der Waals surface area contributed by atoms with E-state index in [4.69, 9.17) is 0 Å². The third kappa shape index (κ3) is 4.69. The maximum absolute atomic E-state index is 3.88. The van der Waals surface area contributed by atoms with Gasteiger partial charge in [-0.1, -0.05) is 33.4 Å². The van der Waals surface area contributed by atoms with Crippen LogP contribution in [0.3, 0.4) is 0 Å². The molecule has 72 valence electrons. The first-order chi connectivity index (χ1) is 5.39. The van der Waals surface area contributed by atoms with Gasteiger partial charge in [0.2, 0.25) is 8.40 Å². The molecule has 0 radical (unpaired) electrons. The number of rotatable bonds is 5. The molecule has 12 heavy (non-hydrogen) atoms. The Morgan fingerprint density at radius 3 is 1.58 bits per heavy atom. The molecule has 0 aliphatic carbocycles. The quantitative estimate of drug-likeness (QED) is 0.640. The summed E-state index contributed by atoms with van der Waals surface area (Å²) in [5, 5.41) is 0. The Kier molecular flexibility index (Phi) is 4.75. The first-order valence-corrected chi connectivity index (χ1v) is 7.16. The van der Waals surface area contributed by atoms with Crippen molar-refractivity contribution in [2.75, 3.05) is 0 Å². The van der Waals surface area contributed by atoms with Crippen LogP contribution in [0.2, 0.25) is 6.55 Å². The van der Waals surface area contributed by atoms with Crippen molar-refractivity contribution >= 4 is 8.40 Å². The summed E-state index contributed by atoms with van der Waals surface area (Å²) in [6.07, 6.45) is 0. The molecular formula is C9H22N2Si. The molecule has 0 saturated heterocycles. The van der Waals surface area contributed by atoms with E-state index in [1.165, 1.54) is 0 Å². The molecule has 0 unspecified atom stereocenters. The zero-order valence-electron chi connectivity index (χ0n) is 8.94. The predicted octanol–water partition coefficient (Wildman–Crippen LogP) is 1.78. The topological polar surface area (TPSA) is 24.1 Å². The van der Waals surface area contributed by atoms with Crippen LogP contribution in [0.25, 0.3) is 0 Å². The van der Waals surface area contributed by atoms with Crippen molar-refractivity contribution in [1.82, 2.24) is 9.96 Å². The van der Waals surface area contributed by atoms with Crippen molar-refractivity contribution in [3.8, 4) is 0 Å². The fourth-order valence-electron chi connectivity index (χ4n) is 1.36. The van der Waals surface area contributed by atoms with Gasteiger partial charge in [0.25, 0.3) is 0 Å². The van der Waals surface area contributed by atoms with Crippen molar-refractivity contribution in [3.05, 3.63) is 12.3 Å². The first-order valence-electron chi connectivity index (χ1n) is 4.58. The monoisotopic (exact) mass is 186 g/mol. The van der Waals surface area contributed by atoms with Gasteiger partial charge in [-0.3, -0.25) is 0 Å². The molecule has 2 nitrogen and oxygen atoms in total. The largest absolute Gasteiger partial charge is 0.320 e. The van der Waals surface area contributed by atoms with Crippen molar-refractivity contribution < 1.29 is 0 Å². The second-order valence-corrected chi connectivity index (χ2v) is 7.39. The summed E-state index contributed by atoms with van der Waals surface area (Å²) in [7, 11) is -1.59. The molecule has 0 rings (SSSR count). The molecular weight excluding hydrogens is 164 g/mol. The fraction of sp³-hybridized carbons (Fsp3) is 0.778. The lowest BCUT2D eigenvalue weighted by atomic mass is 10.4. The van der Waals surface area contributed by atoms with Gasteiger partial charge in [-0.15, -0.1) is 6.58 Å². The Labute approximate surface area is 77.6 Å². The molecule has 0 aromatic heterocycles. The average molecular weight is 186 g/mol. The van der Waals surface area contributed by atoms with Crippen LogP contribution in [0.5, 0.6) is 0 Å². The maximum Gasteiger partial charge on any atom is 0.223 e. The second-order valence-electron chi connectivity index (χ2n) is 4.00. The molecule has 0 amide bonds. The smallest absolute Gasteiger partial charge is 0.223 e. The highest BCUT2D eigenvalue weighted by atomic mass is 28.3. The highest BCUT2D eigenvalue weighted by Gasteiger charge is 2.24. The molecule has 3 heteroatoms. The lowest BCUT2D eigenvalue weighted by Crippen LogP contribution is -2.62. The van der Waals surface area contributed by atoms with E-state index in [-0.39, 0.29) is 0 Å². The highest BCUT2D eigenvalue weighted by Crippen LogP contribution is 1.98. The Morgan fingerprint density at radius 1 is 1.08 bits per heavy atom. The summed E-state index contributed by atoms with van der Waals surface area (Å²) in [5.41, 5.74) is 2.05. The van der Waals surface area contributed by atoms with Gasteiger partial charge in [-0.05, 0) is 18.6 Å². The van der Waals surface area contributed by atoms with Crippen LogP contribution >= 0.6 is 0 Å². The molecule has 0 heterocycles. The Bertz CT molecular complexity index is 133. The molecule has 0 fully saturated rings. The predicted molar refractivity (Wildman–Crippen MR) is 58.4 cm³/mol. The van der Waals surface area contributed by atoms with Crippen molar-refractivity contribution in [3.63, 3.8) is 0 Å². The zero-order valence-corrected chi connectivity index (χ0v) is 9.94. The summed E-state index contributed by atoms with van der Waals surface area (Å²) < 4.78 is 0. The van der Waals surface area contributed by atoms with Crippen LogP contribution in [0.4, 0.5) is 0 Å². The van der Waals surface area contributed by atoms with Gasteiger partial charge in [0.1, 0.15) is 0 Å². The number of hydrogen-bond acceptors (Lipinski definition) is 2. The van der Waals surface area contributed by atoms with Gasteiger partial charge in [-0.25, -0.2) is 0 Å². The summed E-state index contributed by atoms with van der Waals surface area (Å²) in [6.45, 7) is 14.8. The van der Waals surface area contributed by atoms with Gasteiger partial charge >= 0.3 is 0 Å². The van der Waals surface area contributed by atoms with Crippen LogP contribution in [0.1, 0.15) is 27.7 Å². The van der Waals surface area contributed by atoms with Crippen LogP contribution in [0.15, 0.2) is 12.3 Å². The molecule has 0 aliphatic rings. The summed E-state index contributed by atoms with van der Waals surface area (Å²) in [4.78, 5) is 7.09. The molecule has 0 atom stereocenters. The first kappa shape index (κ1) is 11.9. The van der Waals surface area contributed by atoms with Gasteiger partial charge in [0.05, 0.1) is 0 Å². The van der Waals surface area contributed by atoms with Crippen LogP contribution < -0.4 is 9.96 Å². The third-order valence-corrected chi connectivity index (χ3v) is 4.76. The molecule has 2 N–H and O–H groups in total. The molecule has 0 spiro atoms. The van der Waals surface area contributed by atoms with E-state index < -0.39 is 8.40 Å². The minimum atomic E-state index is -1.59. The Balaban J connectivity index is 4.14. The van der Waals surface area contributed by atoms with Crippen LogP contribution in [0, 0.1) is 0 Å². The summed E-state index contributed by atoms with van der Waals surface area (Å²) >= 11 is 0.